The average molecular weight is 286 g/mol. The summed E-state index contributed by atoms with van der Waals surface area (Å²) in [5, 5.41) is 21.9. The molecule has 2 saturated heterocycles. The molecule has 2 rings (SSSR count). The summed E-state index contributed by atoms with van der Waals surface area (Å²) in [6.45, 7) is 1.74. The summed E-state index contributed by atoms with van der Waals surface area (Å²) in [6, 6.07) is -0.620. The Morgan fingerprint density at radius 1 is 1.45 bits per heavy atom. The minimum Gasteiger partial charge on any atom is -0.463 e. The Bertz CT molecular complexity index is 426. The van der Waals surface area contributed by atoms with Gasteiger partial charge in [0, 0.05) is 6.42 Å². The Hall–Kier alpha value is -1.67. The fraction of sp³-hybridized carbons (Fsp3) is 0.750. The molecule has 0 spiro atoms. The Balaban J connectivity index is 2.06. The Kier molecular flexibility index (Phi) is 4.24. The van der Waals surface area contributed by atoms with E-state index in [-0.39, 0.29) is 19.4 Å². The first-order valence-electron chi connectivity index (χ1n) is 6.60. The van der Waals surface area contributed by atoms with Crippen LogP contribution in [0.1, 0.15) is 26.2 Å². The predicted octanol–water partition coefficient (Wildman–Crippen LogP) is -1.89. The minimum absolute atomic E-state index is 0.0533. The Labute approximate surface area is 115 Å². The zero-order chi connectivity index (χ0) is 14.9. The van der Waals surface area contributed by atoms with Crippen molar-refractivity contribution in [1.82, 2.24) is 10.2 Å². The molecular formula is C12H18N2O6. The highest BCUT2D eigenvalue weighted by molar-refractivity contribution is 6.37. The molecule has 0 aromatic rings. The van der Waals surface area contributed by atoms with E-state index in [0.717, 1.165) is 4.90 Å². The second kappa shape index (κ2) is 5.76. The van der Waals surface area contributed by atoms with Crippen molar-refractivity contribution in [2.75, 3.05) is 6.61 Å². The number of nitrogens with zero attached hydrogens (tertiary/aromatic N) is 1. The number of rotatable bonds is 4. The highest BCUT2D eigenvalue weighted by Crippen LogP contribution is 2.26. The molecule has 2 aliphatic rings. The van der Waals surface area contributed by atoms with E-state index < -0.39 is 42.2 Å². The first-order valence-corrected chi connectivity index (χ1v) is 6.60. The summed E-state index contributed by atoms with van der Waals surface area (Å²) in [5.74, 6) is -2.00. The van der Waals surface area contributed by atoms with Crippen molar-refractivity contribution in [3.8, 4) is 0 Å². The highest BCUT2D eigenvalue weighted by atomic mass is 16.5. The van der Waals surface area contributed by atoms with Crippen LogP contribution in [0.3, 0.4) is 0 Å². The number of hydrogen-bond acceptors (Lipinski definition) is 6. The Morgan fingerprint density at radius 2 is 2.15 bits per heavy atom. The van der Waals surface area contributed by atoms with Gasteiger partial charge in [0.1, 0.15) is 18.9 Å². The van der Waals surface area contributed by atoms with Gasteiger partial charge in [0.2, 0.25) is 0 Å². The third kappa shape index (κ3) is 2.61. The first kappa shape index (κ1) is 14.7. The zero-order valence-electron chi connectivity index (χ0n) is 11.1. The highest BCUT2D eigenvalue weighted by Gasteiger charge is 2.51. The molecule has 20 heavy (non-hydrogen) atoms. The van der Waals surface area contributed by atoms with Crippen molar-refractivity contribution in [3.05, 3.63) is 0 Å². The summed E-state index contributed by atoms with van der Waals surface area (Å²) >= 11 is 0. The number of piperidine rings is 1. The van der Waals surface area contributed by atoms with Crippen molar-refractivity contribution in [2.24, 2.45) is 0 Å². The van der Waals surface area contributed by atoms with Gasteiger partial charge in [-0.15, -0.1) is 0 Å². The zero-order valence-corrected chi connectivity index (χ0v) is 11.1. The second-order valence-corrected chi connectivity index (χ2v) is 5.01. The number of hydrogen-bond donors (Lipinski definition) is 3. The lowest BCUT2D eigenvalue weighted by molar-refractivity contribution is -0.158. The van der Waals surface area contributed by atoms with Crippen molar-refractivity contribution in [2.45, 2.75) is 50.6 Å². The van der Waals surface area contributed by atoms with Gasteiger partial charge in [-0.1, -0.05) is 6.92 Å². The number of amides is 2. The smallest absolute Gasteiger partial charge is 0.314 e. The van der Waals surface area contributed by atoms with Crippen LogP contribution < -0.4 is 5.32 Å². The normalized spacial score (nSPS) is 32.9. The van der Waals surface area contributed by atoms with E-state index in [0.29, 0.717) is 6.42 Å². The van der Waals surface area contributed by atoms with E-state index in [1.54, 1.807) is 0 Å². The molecule has 2 amide bonds. The number of aliphatic hydroxyl groups excluding tert-OH is 2. The van der Waals surface area contributed by atoms with Crippen LogP contribution in [-0.4, -0.2) is 63.9 Å². The molecule has 8 heteroatoms. The summed E-state index contributed by atoms with van der Waals surface area (Å²) < 4.78 is 5.03. The monoisotopic (exact) mass is 286 g/mol. The lowest BCUT2D eigenvalue weighted by atomic mass is 9.95. The third-order valence-electron chi connectivity index (χ3n) is 3.52. The molecule has 2 fully saturated rings. The predicted molar refractivity (Wildman–Crippen MR) is 65.1 cm³/mol. The fourth-order valence-electron chi connectivity index (χ4n) is 2.51. The second-order valence-electron chi connectivity index (χ2n) is 5.01. The van der Waals surface area contributed by atoms with Gasteiger partial charge < -0.3 is 25.2 Å². The maximum absolute atomic E-state index is 11.8. The van der Waals surface area contributed by atoms with Crippen LogP contribution in [-0.2, 0) is 19.1 Å². The molecule has 0 radical (unpaired) electrons. The van der Waals surface area contributed by atoms with Crippen LogP contribution in [0, 0.1) is 0 Å². The molecule has 0 saturated carbocycles. The van der Waals surface area contributed by atoms with E-state index in [2.05, 4.69) is 5.32 Å². The van der Waals surface area contributed by atoms with Gasteiger partial charge in [-0.05, 0) is 12.8 Å². The van der Waals surface area contributed by atoms with E-state index in [1.165, 1.54) is 0 Å². The molecule has 4 atom stereocenters. The number of carbonyl (C=O) groups excluding carboxylic acids is 3. The molecule has 0 aromatic heterocycles. The van der Waals surface area contributed by atoms with Crippen LogP contribution >= 0.6 is 0 Å². The topological polar surface area (TPSA) is 116 Å². The molecule has 0 bridgehead atoms. The molecule has 0 aromatic carbocycles. The molecule has 0 aliphatic carbocycles. The van der Waals surface area contributed by atoms with Crippen molar-refractivity contribution >= 4 is 17.8 Å². The molecule has 112 valence electrons. The number of esters is 1. The SMILES string of the molecule is CCCC(=O)OCC1CC(O)C(O)C2NC(=O)C(=O)N12. The average Bonchev–Trinajstić information content (AvgIpc) is 2.70. The standard InChI is InChI=1S/C12H18N2O6/c1-2-3-8(16)20-5-6-4-7(15)9(17)10-13-11(18)12(19)14(6)10/h6-7,9-10,15,17H,2-5H2,1H3,(H,13,18). The van der Waals surface area contributed by atoms with Crippen molar-refractivity contribution in [3.63, 3.8) is 0 Å². The first-order chi connectivity index (χ1) is 9.45. The van der Waals surface area contributed by atoms with Gasteiger partial charge in [-0.3, -0.25) is 14.4 Å². The lowest BCUT2D eigenvalue weighted by Crippen LogP contribution is -2.61. The summed E-state index contributed by atoms with van der Waals surface area (Å²) in [7, 11) is 0. The van der Waals surface area contributed by atoms with E-state index in [1.807, 2.05) is 6.92 Å². The van der Waals surface area contributed by atoms with Crippen molar-refractivity contribution < 1.29 is 29.3 Å². The van der Waals surface area contributed by atoms with Crippen LogP contribution in [0.25, 0.3) is 0 Å². The van der Waals surface area contributed by atoms with Crippen LogP contribution in [0.15, 0.2) is 0 Å². The van der Waals surface area contributed by atoms with Gasteiger partial charge in [-0.2, -0.15) is 0 Å². The number of fused-ring (bicyclic) bond motifs is 1. The molecule has 2 aliphatic heterocycles. The van der Waals surface area contributed by atoms with E-state index >= 15 is 0 Å². The van der Waals surface area contributed by atoms with Crippen molar-refractivity contribution in [1.29, 1.82) is 0 Å². The lowest BCUT2D eigenvalue weighted by Gasteiger charge is -2.41. The van der Waals surface area contributed by atoms with Gasteiger partial charge >= 0.3 is 17.8 Å². The van der Waals surface area contributed by atoms with Crippen LogP contribution in [0.4, 0.5) is 0 Å². The molecular weight excluding hydrogens is 268 g/mol. The van der Waals surface area contributed by atoms with E-state index in [4.69, 9.17) is 4.74 Å². The number of carbonyl (C=O) groups is 3. The maximum atomic E-state index is 11.8. The molecule has 8 nitrogen and oxygen atoms in total. The van der Waals surface area contributed by atoms with Gasteiger partial charge in [0.05, 0.1) is 12.1 Å². The Morgan fingerprint density at radius 3 is 2.80 bits per heavy atom. The number of nitrogens with one attached hydrogen (secondary N) is 1. The fourth-order valence-corrected chi connectivity index (χ4v) is 2.51. The van der Waals surface area contributed by atoms with Crippen LogP contribution in [0.5, 0.6) is 0 Å². The molecule has 3 N–H and O–H groups in total. The minimum atomic E-state index is -1.24. The quantitative estimate of drug-likeness (QED) is 0.411. The number of ether oxygens (including phenoxy) is 1. The third-order valence-corrected chi connectivity index (χ3v) is 3.52. The van der Waals surface area contributed by atoms with Gasteiger partial charge in [-0.25, -0.2) is 0 Å². The van der Waals surface area contributed by atoms with Crippen LogP contribution in [0.2, 0.25) is 0 Å². The largest absolute Gasteiger partial charge is 0.463 e. The number of aliphatic hydroxyl groups is 2. The summed E-state index contributed by atoms with van der Waals surface area (Å²) in [6.07, 6.45) is -2.32. The summed E-state index contributed by atoms with van der Waals surface area (Å²) in [4.78, 5) is 35.6. The maximum Gasteiger partial charge on any atom is 0.314 e. The summed E-state index contributed by atoms with van der Waals surface area (Å²) in [5.41, 5.74) is 0. The van der Waals surface area contributed by atoms with E-state index in [9.17, 15) is 24.6 Å². The van der Waals surface area contributed by atoms with Gasteiger partial charge in [0.15, 0.2) is 0 Å². The molecule has 4 unspecified atom stereocenters. The van der Waals surface area contributed by atoms with Gasteiger partial charge in [0.25, 0.3) is 0 Å². The molecule has 2 heterocycles.